The minimum atomic E-state index is -2.68. The second-order valence-corrected chi connectivity index (χ2v) is 7.76. The van der Waals surface area contributed by atoms with Crippen molar-refractivity contribution in [2.75, 3.05) is 26.2 Å². The van der Waals surface area contributed by atoms with Crippen LogP contribution in [-0.2, 0) is 18.4 Å². The fraction of sp³-hybridized carbons (Fsp3) is 0.765. The summed E-state index contributed by atoms with van der Waals surface area (Å²) in [5.74, 6) is -2.80. The molecule has 3 aliphatic rings. The van der Waals surface area contributed by atoms with Gasteiger partial charge in [0, 0.05) is 32.3 Å². The molecular formula is C17H24F2N4O. The number of alkyl halides is 2. The van der Waals surface area contributed by atoms with Gasteiger partial charge in [-0.15, -0.1) is 0 Å². The lowest BCUT2D eigenvalue weighted by molar-refractivity contribution is -0.172. The van der Waals surface area contributed by atoms with Crippen LogP contribution in [0.2, 0.25) is 0 Å². The Kier molecular flexibility index (Phi) is 3.67. The van der Waals surface area contributed by atoms with Gasteiger partial charge in [0.05, 0.1) is 18.8 Å². The van der Waals surface area contributed by atoms with Crippen molar-refractivity contribution >= 4 is 5.91 Å². The Bertz CT molecular complexity index is 638. The second-order valence-electron chi connectivity index (χ2n) is 7.76. The molecule has 0 unspecified atom stereocenters. The van der Waals surface area contributed by atoms with Crippen molar-refractivity contribution in [3.8, 4) is 0 Å². The zero-order valence-corrected chi connectivity index (χ0v) is 14.0. The highest BCUT2D eigenvalue weighted by Gasteiger charge is 2.55. The molecule has 0 bridgehead atoms. The van der Waals surface area contributed by atoms with Crippen LogP contribution in [0.3, 0.4) is 0 Å². The molecule has 2 saturated heterocycles. The van der Waals surface area contributed by atoms with E-state index >= 15 is 0 Å². The summed E-state index contributed by atoms with van der Waals surface area (Å²) in [4.78, 5) is 16.5. The lowest BCUT2D eigenvalue weighted by Gasteiger charge is -2.42. The van der Waals surface area contributed by atoms with Gasteiger partial charge in [-0.3, -0.25) is 14.4 Å². The molecule has 1 amide bonds. The van der Waals surface area contributed by atoms with Crippen LogP contribution >= 0.6 is 0 Å². The van der Waals surface area contributed by atoms with Gasteiger partial charge in [-0.2, -0.15) is 5.10 Å². The Hall–Kier alpha value is -1.50. The fourth-order valence-electron chi connectivity index (χ4n) is 4.81. The van der Waals surface area contributed by atoms with E-state index in [9.17, 15) is 13.6 Å². The molecule has 1 saturated carbocycles. The van der Waals surface area contributed by atoms with Gasteiger partial charge in [-0.05, 0) is 37.3 Å². The number of carbonyl (C=O) groups excluding carboxylic acids is 1. The van der Waals surface area contributed by atoms with Crippen LogP contribution in [0.1, 0.15) is 31.4 Å². The molecule has 132 valence electrons. The van der Waals surface area contributed by atoms with E-state index in [2.05, 4.69) is 10.00 Å². The molecule has 5 nitrogen and oxygen atoms in total. The van der Waals surface area contributed by atoms with E-state index in [1.807, 2.05) is 17.8 Å². The highest BCUT2D eigenvalue weighted by Crippen LogP contribution is 2.51. The normalized spacial score (nSPS) is 32.5. The third-order valence-electron chi connectivity index (χ3n) is 6.13. The number of rotatable bonds is 3. The number of hydrogen-bond donors (Lipinski definition) is 0. The fourth-order valence-corrected chi connectivity index (χ4v) is 4.81. The van der Waals surface area contributed by atoms with E-state index < -0.39 is 19.0 Å². The van der Waals surface area contributed by atoms with Crippen LogP contribution in [0.15, 0.2) is 12.3 Å². The maximum absolute atomic E-state index is 13.1. The van der Waals surface area contributed by atoms with E-state index in [-0.39, 0.29) is 17.2 Å². The summed E-state index contributed by atoms with van der Waals surface area (Å²) in [6.45, 7) is 1.90. The number of aromatic nitrogens is 2. The van der Waals surface area contributed by atoms with Crippen molar-refractivity contribution in [1.82, 2.24) is 19.6 Å². The molecule has 7 heteroatoms. The summed E-state index contributed by atoms with van der Waals surface area (Å²) >= 11 is 0. The molecule has 1 aromatic rings. The summed E-state index contributed by atoms with van der Waals surface area (Å²) in [6.07, 6.45) is 5.70. The van der Waals surface area contributed by atoms with Crippen LogP contribution in [0.25, 0.3) is 0 Å². The first-order chi connectivity index (χ1) is 11.4. The van der Waals surface area contributed by atoms with E-state index in [4.69, 9.17) is 0 Å². The summed E-state index contributed by atoms with van der Waals surface area (Å²) in [6, 6.07) is 2.02. The van der Waals surface area contributed by atoms with Gasteiger partial charge in [-0.25, -0.2) is 8.78 Å². The predicted molar refractivity (Wildman–Crippen MR) is 84.4 cm³/mol. The standard InChI is InChI=1S/C17H24F2N4O/c1-21-13(4-7-20-21)9-22-8-6-16(10-22)5-2-3-14(16)15(24)23-11-17(18,19)12-23/h4,7,14H,2-3,5-6,8-12H2,1H3/t14-,16-/m0/s1. The number of aryl methyl sites for hydroxylation is 1. The SMILES string of the molecule is Cn1nccc1CN1CC[C@@]2(CCC[C@H]2C(=O)N2CC(F)(F)C2)C1. The monoisotopic (exact) mass is 338 g/mol. The minimum Gasteiger partial charge on any atom is -0.330 e. The molecule has 3 heterocycles. The quantitative estimate of drug-likeness (QED) is 0.845. The average molecular weight is 338 g/mol. The average Bonchev–Trinajstić information content (AvgIpc) is 3.20. The van der Waals surface area contributed by atoms with E-state index in [1.54, 1.807) is 6.20 Å². The number of carbonyl (C=O) groups is 1. The molecule has 1 spiro atoms. The largest absolute Gasteiger partial charge is 0.330 e. The highest BCUT2D eigenvalue weighted by molar-refractivity contribution is 5.81. The maximum atomic E-state index is 13.1. The van der Waals surface area contributed by atoms with Crippen LogP contribution in [0.5, 0.6) is 0 Å². The van der Waals surface area contributed by atoms with E-state index in [0.29, 0.717) is 0 Å². The Morgan fingerprint density at radius 3 is 2.79 bits per heavy atom. The summed E-state index contributed by atoms with van der Waals surface area (Å²) in [5.41, 5.74) is 1.15. The van der Waals surface area contributed by atoms with Gasteiger partial charge in [0.25, 0.3) is 5.92 Å². The number of halogens is 2. The van der Waals surface area contributed by atoms with Gasteiger partial charge in [0.1, 0.15) is 0 Å². The van der Waals surface area contributed by atoms with Crippen LogP contribution in [-0.4, -0.2) is 57.6 Å². The summed E-state index contributed by atoms with van der Waals surface area (Å²) in [7, 11) is 1.94. The molecule has 4 rings (SSSR count). The van der Waals surface area contributed by atoms with Gasteiger partial charge in [0.2, 0.25) is 5.91 Å². The molecule has 1 aromatic heterocycles. The van der Waals surface area contributed by atoms with Crippen LogP contribution in [0.4, 0.5) is 8.78 Å². The van der Waals surface area contributed by atoms with Crippen molar-refractivity contribution in [3.63, 3.8) is 0 Å². The minimum absolute atomic E-state index is 0.0133. The Labute approximate surface area is 140 Å². The number of likely N-dealkylation sites (tertiary alicyclic amines) is 2. The number of amides is 1. The number of hydrogen-bond acceptors (Lipinski definition) is 3. The summed E-state index contributed by atoms with van der Waals surface area (Å²) < 4.78 is 28.1. The van der Waals surface area contributed by atoms with Gasteiger partial charge < -0.3 is 4.90 Å². The zero-order valence-electron chi connectivity index (χ0n) is 14.0. The van der Waals surface area contributed by atoms with Crippen LogP contribution < -0.4 is 0 Å². The Morgan fingerprint density at radius 1 is 1.33 bits per heavy atom. The van der Waals surface area contributed by atoms with E-state index in [0.717, 1.165) is 51.0 Å². The molecule has 0 radical (unpaired) electrons. The molecular weight excluding hydrogens is 314 g/mol. The smallest absolute Gasteiger partial charge is 0.282 e. The van der Waals surface area contributed by atoms with Crippen molar-refractivity contribution in [2.45, 2.75) is 38.2 Å². The topological polar surface area (TPSA) is 41.4 Å². The van der Waals surface area contributed by atoms with Crippen molar-refractivity contribution in [3.05, 3.63) is 18.0 Å². The summed E-state index contributed by atoms with van der Waals surface area (Å²) in [5, 5.41) is 4.20. The van der Waals surface area contributed by atoms with Gasteiger partial charge in [-0.1, -0.05) is 6.42 Å². The first-order valence-electron chi connectivity index (χ1n) is 8.74. The maximum Gasteiger partial charge on any atom is 0.282 e. The van der Waals surface area contributed by atoms with Crippen molar-refractivity contribution in [2.24, 2.45) is 18.4 Å². The molecule has 24 heavy (non-hydrogen) atoms. The zero-order chi connectivity index (χ0) is 16.9. The highest BCUT2D eigenvalue weighted by atomic mass is 19.3. The molecule has 2 atom stereocenters. The molecule has 1 aliphatic carbocycles. The van der Waals surface area contributed by atoms with E-state index in [1.165, 1.54) is 4.90 Å². The Morgan fingerprint density at radius 2 is 2.12 bits per heavy atom. The molecule has 0 aromatic carbocycles. The predicted octanol–water partition coefficient (Wildman–Crippen LogP) is 1.89. The molecule has 3 fully saturated rings. The van der Waals surface area contributed by atoms with Gasteiger partial charge in [0.15, 0.2) is 0 Å². The first kappa shape index (κ1) is 16.0. The third-order valence-corrected chi connectivity index (χ3v) is 6.13. The number of nitrogens with zero attached hydrogens (tertiary/aromatic N) is 4. The van der Waals surface area contributed by atoms with Gasteiger partial charge >= 0.3 is 0 Å². The van der Waals surface area contributed by atoms with Crippen molar-refractivity contribution < 1.29 is 13.6 Å². The van der Waals surface area contributed by atoms with Crippen LogP contribution in [0, 0.1) is 11.3 Å². The lowest BCUT2D eigenvalue weighted by atomic mass is 9.76. The molecule has 0 N–H and O–H groups in total. The first-order valence-corrected chi connectivity index (χ1v) is 8.74. The molecule has 2 aliphatic heterocycles. The van der Waals surface area contributed by atoms with Crippen molar-refractivity contribution in [1.29, 1.82) is 0 Å². The second kappa shape index (κ2) is 5.51. The third kappa shape index (κ3) is 2.62. The Balaban J connectivity index is 1.43. The lowest BCUT2D eigenvalue weighted by Crippen LogP contribution is -2.60.